The number of nitrogens with zero attached hydrogens (tertiary/aromatic N) is 1. The molecule has 0 saturated heterocycles. The monoisotopic (exact) mass is 276 g/mol. The molecule has 1 aromatic heterocycles. The predicted molar refractivity (Wildman–Crippen MR) is 76.2 cm³/mol. The van der Waals surface area contributed by atoms with Crippen LogP contribution in [-0.2, 0) is 9.59 Å². The van der Waals surface area contributed by atoms with E-state index in [0.29, 0.717) is 6.42 Å². The van der Waals surface area contributed by atoms with Gasteiger partial charge >= 0.3 is 0 Å². The Morgan fingerprint density at radius 3 is 2.95 bits per heavy atom. The third-order valence-corrected chi connectivity index (χ3v) is 3.74. The molecule has 19 heavy (non-hydrogen) atoms. The smallest absolute Gasteiger partial charge is 0.240 e. The van der Waals surface area contributed by atoms with E-state index in [2.05, 4.69) is 0 Å². The van der Waals surface area contributed by atoms with Gasteiger partial charge in [-0.2, -0.15) is 11.3 Å². The van der Waals surface area contributed by atoms with E-state index in [1.54, 1.807) is 17.5 Å². The molecule has 0 spiro atoms. The molecule has 100 valence electrons. The zero-order valence-corrected chi connectivity index (χ0v) is 11.5. The molecule has 1 aromatic rings. The molecule has 0 bridgehead atoms. The second-order valence-corrected chi connectivity index (χ2v) is 5.11. The van der Waals surface area contributed by atoms with Crippen LogP contribution in [-0.4, -0.2) is 22.8 Å². The van der Waals surface area contributed by atoms with Crippen LogP contribution in [0.1, 0.15) is 25.3 Å². The Morgan fingerprint density at radius 2 is 2.37 bits per heavy atom. The largest absolute Gasteiger partial charge is 0.368 e. The standard InChI is InChI=1S/C14H16N2O2S/c1-2-12(14(15)18)16-8-10(4-3-5-13(16)17)11-6-7-19-9-11/h3-4,6-9,12H,2,5H2,1H3,(H2,15,18). The molecule has 4 nitrogen and oxygen atoms in total. The fraction of sp³-hybridized carbons (Fsp3) is 0.286. The molecular formula is C14H16N2O2S. The fourth-order valence-corrected chi connectivity index (χ4v) is 2.72. The van der Waals surface area contributed by atoms with Gasteiger partial charge < -0.3 is 10.6 Å². The molecule has 2 heterocycles. The maximum Gasteiger partial charge on any atom is 0.240 e. The van der Waals surface area contributed by atoms with Crippen molar-refractivity contribution in [3.8, 4) is 0 Å². The second kappa shape index (κ2) is 5.84. The molecule has 0 radical (unpaired) electrons. The van der Waals surface area contributed by atoms with Crippen LogP contribution in [0.2, 0.25) is 0 Å². The van der Waals surface area contributed by atoms with E-state index in [9.17, 15) is 9.59 Å². The lowest BCUT2D eigenvalue weighted by Gasteiger charge is -2.25. The highest BCUT2D eigenvalue weighted by molar-refractivity contribution is 7.08. The van der Waals surface area contributed by atoms with E-state index in [0.717, 1.165) is 11.1 Å². The average molecular weight is 276 g/mol. The normalized spacial score (nSPS) is 17.0. The summed E-state index contributed by atoms with van der Waals surface area (Å²) in [5, 5.41) is 3.99. The van der Waals surface area contributed by atoms with Crippen LogP contribution in [0.4, 0.5) is 0 Å². The maximum absolute atomic E-state index is 12.1. The van der Waals surface area contributed by atoms with Gasteiger partial charge in [-0.1, -0.05) is 19.1 Å². The molecule has 5 heteroatoms. The molecule has 1 unspecified atom stereocenters. The summed E-state index contributed by atoms with van der Waals surface area (Å²) in [6.07, 6.45) is 6.25. The van der Waals surface area contributed by atoms with Gasteiger partial charge in [0.15, 0.2) is 0 Å². The van der Waals surface area contributed by atoms with E-state index in [1.165, 1.54) is 4.90 Å². The van der Waals surface area contributed by atoms with Gasteiger partial charge in [-0.3, -0.25) is 9.59 Å². The number of carbonyl (C=O) groups is 2. The van der Waals surface area contributed by atoms with Crippen LogP contribution in [0.5, 0.6) is 0 Å². The highest BCUT2D eigenvalue weighted by atomic mass is 32.1. The number of primary amides is 1. The Hall–Kier alpha value is -1.88. The SMILES string of the molecule is CCC(C(N)=O)N1C=C(c2ccsc2)C=CCC1=O. The highest BCUT2D eigenvalue weighted by Crippen LogP contribution is 2.24. The first-order valence-electron chi connectivity index (χ1n) is 6.15. The predicted octanol–water partition coefficient (Wildman–Crippen LogP) is 2.14. The number of allylic oxidation sites excluding steroid dienone is 2. The van der Waals surface area contributed by atoms with Gasteiger partial charge in [0.2, 0.25) is 11.8 Å². The first kappa shape index (κ1) is 13.5. The van der Waals surface area contributed by atoms with Crippen LogP contribution in [0.15, 0.2) is 35.2 Å². The quantitative estimate of drug-likeness (QED) is 0.915. The van der Waals surface area contributed by atoms with Crippen LogP contribution in [0, 0.1) is 0 Å². The number of nitrogens with two attached hydrogens (primary N) is 1. The summed E-state index contributed by atoms with van der Waals surface area (Å²) in [5.41, 5.74) is 7.34. The Bertz CT molecular complexity index is 532. The first-order valence-corrected chi connectivity index (χ1v) is 7.09. The number of hydrogen-bond acceptors (Lipinski definition) is 3. The van der Waals surface area contributed by atoms with E-state index in [4.69, 9.17) is 5.73 Å². The Balaban J connectivity index is 2.38. The van der Waals surface area contributed by atoms with E-state index < -0.39 is 11.9 Å². The zero-order chi connectivity index (χ0) is 13.8. The molecule has 0 fully saturated rings. The summed E-state index contributed by atoms with van der Waals surface area (Å²) in [7, 11) is 0. The average Bonchev–Trinajstić information content (AvgIpc) is 2.83. The molecule has 2 amide bonds. The topological polar surface area (TPSA) is 63.4 Å². The van der Waals surface area contributed by atoms with Crippen molar-refractivity contribution >= 4 is 28.7 Å². The molecule has 0 aliphatic carbocycles. The van der Waals surface area contributed by atoms with Crippen molar-refractivity contribution in [1.29, 1.82) is 0 Å². The number of carbonyl (C=O) groups excluding carboxylic acids is 2. The van der Waals surface area contributed by atoms with Crippen molar-refractivity contribution in [1.82, 2.24) is 4.90 Å². The van der Waals surface area contributed by atoms with Crippen molar-refractivity contribution in [3.63, 3.8) is 0 Å². The summed E-state index contributed by atoms with van der Waals surface area (Å²) in [5.74, 6) is -0.578. The maximum atomic E-state index is 12.1. The molecule has 0 aromatic carbocycles. The molecule has 2 N–H and O–H groups in total. The Kier molecular flexibility index (Phi) is 4.16. The first-order chi connectivity index (χ1) is 9.13. The third kappa shape index (κ3) is 2.93. The minimum absolute atomic E-state index is 0.105. The summed E-state index contributed by atoms with van der Waals surface area (Å²) >= 11 is 1.59. The van der Waals surface area contributed by atoms with Gasteiger partial charge in [0.1, 0.15) is 6.04 Å². The molecule has 0 saturated carbocycles. The van der Waals surface area contributed by atoms with Gasteiger partial charge in [0, 0.05) is 12.6 Å². The third-order valence-electron chi connectivity index (χ3n) is 3.06. The fourth-order valence-electron chi connectivity index (χ4n) is 2.06. The van der Waals surface area contributed by atoms with Crippen molar-refractivity contribution in [3.05, 3.63) is 40.7 Å². The van der Waals surface area contributed by atoms with Crippen molar-refractivity contribution in [2.24, 2.45) is 5.73 Å². The lowest BCUT2D eigenvalue weighted by molar-refractivity contribution is -0.135. The minimum Gasteiger partial charge on any atom is -0.368 e. The van der Waals surface area contributed by atoms with Gasteiger partial charge in [-0.15, -0.1) is 0 Å². The summed E-state index contributed by atoms with van der Waals surface area (Å²) < 4.78 is 0. The molecular weight excluding hydrogens is 260 g/mol. The molecule has 2 rings (SSSR count). The van der Waals surface area contributed by atoms with Gasteiger partial charge in [-0.05, 0) is 34.4 Å². The summed E-state index contributed by atoms with van der Waals surface area (Å²) in [6, 6.07) is 1.40. The van der Waals surface area contributed by atoms with Gasteiger partial charge in [0.05, 0.1) is 0 Å². The zero-order valence-electron chi connectivity index (χ0n) is 10.7. The van der Waals surface area contributed by atoms with Crippen LogP contribution in [0.25, 0.3) is 5.57 Å². The molecule has 1 aliphatic heterocycles. The Labute approximate surface area is 116 Å². The number of rotatable bonds is 4. The highest BCUT2D eigenvalue weighted by Gasteiger charge is 2.26. The number of thiophene rings is 1. The summed E-state index contributed by atoms with van der Waals surface area (Å²) in [4.78, 5) is 25.0. The van der Waals surface area contributed by atoms with Gasteiger partial charge in [0.25, 0.3) is 0 Å². The van der Waals surface area contributed by atoms with Crippen molar-refractivity contribution in [2.45, 2.75) is 25.8 Å². The lowest BCUT2D eigenvalue weighted by Crippen LogP contribution is -2.44. The van der Waals surface area contributed by atoms with E-state index in [-0.39, 0.29) is 12.3 Å². The number of hydrogen-bond donors (Lipinski definition) is 1. The summed E-state index contributed by atoms with van der Waals surface area (Å²) in [6.45, 7) is 1.85. The molecule has 1 aliphatic rings. The van der Waals surface area contributed by atoms with Gasteiger partial charge in [-0.25, -0.2) is 0 Å². The molecule has 1 atom stereocenters. The van der Waals surface area contributed by atoms with E-state index in [1.807, 2.05) is 35.9 Å². The second-order valence-electron chi connectivity index (χ2n) is 4.33. The minimum atomic E-state index is -0.582. The van der Waals surface area contributed by atoms with Crippen LogP contribution < -0.4 is 5.73 Å². The van der Waals surface area contributed by atoms with E-state index >= 15 is 0 Å². The van der Waals surface area contributed by atoms with Crippen molar-refractivity contribution in [2.75, 3.05) is 0 Å². The van der Waals surface area contributed by atoms with Crippen molar-refractivity contribution < 1.29 is 9.59 Å². The van der Waals surface area contributed by atoms with Crippen LogP contribution in [0.3, 0.4) is 0 Å². The lowest BCUT2D eigenvalue weighted by atomic mass is 10.1. The van der Waals surface area contributed by atoms with Crippen LogP contribution >= 0.6 is 11.3 Å². The number of amides is 2. The Morgan fingerprint density at radius 1 is 1.58 bits per heavy atom.